The number of hydrogen-bond donors (Lipinski definition) is 2. The van der Waals surface area contributed by atoms with Gasteiger partial charge < -0.3 is 10.2 Å². The molecule has 70 valence electrons. The molecule has 1 saturated carbocycles. The standard InChI is InChI=1S/C8H14.CH2O3/c1-4-5-7-6-8(7,2)3;2-1(3)4/h4-5,7H,6H2,1-3H3;(H2,2,3,4). The van der Waals surface area contributed by atoms with Gasteiger partial charge in [-0.2, -0.15) is 0 Å². The highest BCUT2D eigenvalue weighted by Gasteiger charge is 2.43. The summed E-state index contributed by atoms with van der Waals surface area (Å²) >= 11 is 0. The van der Waals surface area contributed by atoms with Crippen LogP contribution in [0.4, 0.5) is 4.79 Å². The van der Waals surface area contributed by atoms with Gasteiger partial charge in [-0.25, -0.2) is 4.79 Å². The highest BCUT2D eigenvalue weighted by atomic mass is 16.6. The Bertz CT molecular complexity index is 178. The third-order valence-electron chi connectivity index (χ3n) is 2.01. The molecule has 0 saturated heterocycles. The number of rotatable bonds is 1. The zero-order valence-electron chi connectivity index (χ0n) is 7.74. The van der Waals surface area contributed by atoms with Crippen LogP contribution in [0.1, 0.15) is 27.2 Å². The predicted octanol–water partition coefficient (Wildman–Crippen LogP) is 2.83. The molecule has 1 unspecified atom stereocenters. The average Bonchev–Trinajstić information content (AvgIpc) is 2.38. The molecule has 3 heteroatoms. The lowest BCUT2D eigenvalue weighted by molar-refractivity contribution is 0.137. The van der Waals surface area contributed by atoms with Gasteiger partial charge in [0, 0.05) is 0 Å². The second-order valence-corrected chi connectivity index (χ2v) is 3.61. The summed E-state index contributed by atoms with van der Waals surface area (Å²) in [6.07, 6.45) is 4.01. The molecular formula is C9H16O3. The molecule has 1 aliphatic carbocycles. The van der Waals surface area contributed by atoms with Crippen molar-refractivity contribution in [3.05, 3.63) is 12.2 Å². The molecule has 3 nitrogen and oxygen atoms in total. The molecule has 0 aromatic heterocycles. The van der Waals surface area contributed by atoms with Crippen LogP contribution in [-0.4, -0.2) is 16.4 Å². The van der Waals surface area contributed by atoms with Crippen molar-refractivity contribution in [2.45, 2.75) is 27.2 Å². The third-order valence-corrected chi connectivity index (χ3v) is 2.01. The van der Waals surface area contributed by atoms with Crippen molar-refractivity contribution in [2.24, 2.45) is 11.3 Å². The summed E-state index contributed by atoms with van der Waals surface area (Å²) in [5.74, 6) is 0.882. The molecule has 0 amide bonds. The molecular weight excluding hydrogens is 156 g/mol. The van der Waals surface area contributed by atoms with E-state index in [0.717, 1.165) is 5.92 Å². The van der Waals surface area contributed by atoms with E-state index in [1.54, 1.807) is 0 Å². The summed E-state index contributed by atoms with van der Waals surface area (Å²) < 4.78 is 0. The number of hydrogen-bond acceptors (Lipinski definition) is 1. The van der Waals surface area contributed by atoms with E-state index in [1.807, 2.05) is 0 Å². The lowest BCUT2D eigenvalue weighted by Gasteiger charge is -1.93. The molecule has 0 spiro atoms. The Labute approximate surface area is 72.7 Å². The zero-order chi connectivity index (χ0) is 9.78. The molecule has 0 aromatic rings. The van der Waals surface area contributed by atoms with Gasteiger partial charge in [0.05, 0.1) is 0 Å². The maximum atomic E-state index is 8.56. The number of carbonyl (C=O) groups is 1. The van der Waals surface area contributed by atoms with Crippen molar-refractivity contribution in [1.82, 2.24) is 0 Å². The van der Waals surface area contributed by atoms with Crippen molar-refractivity contribution >= 4 is 6.16 Å². The Balaban J connectivity index is 0.000000261. The maximum absolute atomic E-state index is 8.56. The van der Waals surface area contributed by atoms with E-state index in [9.17, 15) is 0 Å². The van der Waals surface area contributed by atoms with E-state index in [-0.39, 0.29) is 0 Å². The molecule has 1 atom stereocenters. The van der Waals surface area contributed by atoms with Gasteiger partial charge in [-0.15, -0.1) is 0 Å². The highest BCUT2D eigenvalue weighted by Crippen LogP contribution is 2.52. The Morgan fingerprint density at radius 2 is 1.83 bits per heavy atom. The predicted molar refractivity (Wildman–Crippen MR) is 47.4 cm³/mol. The van der Waals surface area contributed by atoms with Crippen LogP contribution in [0.3, 0.4) is 0 Å². The molecule has 1 fully saturated rings. The largest absolute Gasteiger partial charge is 0.503 e. The minimum absolute atomic E-state index is 0.631. The molecule has 0 bridgehead atoms. The van der Waals surface area contributed by atoms with Gasteiger partial charge in [-0.3, -0.25) is 0 Å². The molecule has 0 aromatic carbocycles. The number of carboxylic acid groups (broad SMARTS) is 2. The van der Waals surface area contributed by atoms with Crippen LogP contribution >= 0.6 is 0 Å². The summed E-state index contributed by atoms with van der Waals surface area (Å²) in [5, 5.41) is 13.9. The van der Waals surface area contributed by atoms with E-state index in [0.29, 0.717) is 5.41 Å². The van der Waals surface area contributed by atoms with Gasteiger partial charge in [0.15, 0.2) is 0 Å². The van der Waals surface area contributed by atoms with Crippen molar-refractivity contribution in [2.75, 3.05) is 0 Å². The van der Waals surface area contributed by atoms with E-state index in [4.69, 9.17) is 15.0 Å². The van der Waals surface area contributed by atoms with Gasteiger partial charge in [-0.1, -0.05) is 26.0 Å². The number of allylic oxidation sites excluding steroid dienone is 2. The minimum atomic E-state index is -1.83. The van der Waals surface area contributed by atoms with Crippen molar-refractivity contribution in [3.63, 3.8) is 0 Å². The Kier molecular flexibility index (Phi) is 3.80. The first kappa shape index (κ1) is 11.0. The third kappa shape index (κ3) is 4.77. The fourth-order valence-electron chi connectivity index (χ4n) is 1.07. The first-order valence-corrected chi connectivity index (χ1v) is 3.95. The van der Waals surface area contributed by atoms with Gasteiger partial charge in [-0.05, 0) is 24.7 Å². The van der Waals surface area contributed by atoms with Crippen LogP contribution < -0.4 is 0 Å². The lowest BCUT2D eigenvalue weighted by atomic mass is 10.1. The van der Waals surface area contributed by atoms with Crippen LogP contribution in [0.5, 0.6) is 0 Å². The van der Waals surface area contributed by atoms with Gasteiger partial charge >= 0.3 is 6.16 Å². The summed E-state index contributed by atoms with van der Waals surface area (Å²) in [5.41, 5.74) is 0.631. The van der Waals surface area contributed by atoms with Crippen molar-refractivity contribution in [3.8, 4) is 0 Å². The molecule has 0 aliphatic heterocycles. The minimum Gasteiger partial charge on any atom is -0.450 e. The fourth-order valence-corrected chi connectivity index (χ4v) is 1.07. The quantitative estimate of drug-likeness (QED) is 0.598. The second kappa shape index (κ2) is 4.14. The van der Waals surface area contributed by atoms with Gasteiger partial charge in [0.1, 0.15) is 0 Å². The maximum Gasteiger partial charge on any atom is 0.503 e. The molecule has 0 heterocycles. The topological polar surface area (TPSA) is 57.5 Å². The first-order chi connectivity index (χ1) is 5.40. The van der Waals surface area contributed by atoms with Crippen molar-refractivity contribution < 1.29 is 15.0 Å². The van der Waals surface area contributed by atoms with Crippen LogP contribution in [0.2, 0.25) is 0 Å². The van der Waals surface area contributed by atoms with E-state index < -0.39 is 6.16 Å². The molecule has 1 aliphatic rings. The van der Waals surface area contributed by atoms with Gasteiger partial charge in [0.2, 0.25) is 0 Å². The summed E-state index contributed by atoms with van der Waals surface area (Å²) in [4.78, 5) is 8.56. The average molecular weight is 172 g/mol. The van der Waals surface area contributed by atoms with E-state index in [2.05, 4.69) is 32.9 Å². The van der Waals surface area contributed by atoms with E-state index >= 15 is 0 Å². The summed E-state index contributed by atoms with van der Waals surface area (Å²) in [6, 6.07) is 0. The smallest absolute Gasteiger partial charge is 0.450 e. The Morgan fingerprint density at radius 3 is 1.92 bits per heavy atom. The monoisotopic (exact) mass is 172 g/mol. The molecule has 0 radical (unpaired) electrons. The molecule has 12 heavy (non-hydrogen) atoms. The summed E-state index contributed by atoms with van der Waals surface area (Å²) in [7, 11) is 0. The Hall–Kier alpha value is -0.990. The highest BCUT2D eigenvalue weighted by molar-refractivity contribution is 5.53. The second-order valence-electron chi connectivity index (χ2n) is 3.61. The van der Waals surface area contributed by atoms with Gasteiger partial charge in [0.25, 0.3) is 0 Å². The lowest BCUT2D eigenvalue weighted by Crippen LogP contribution is -1.84. The summed E-state index contributed by atoms with van der Waals surface area (Å²) in [6.45, 7) is 6.73. The first-order valence-electron chi connectivity index (χ1n) is 3.95. The normalized spacial score (nSPS) is 24.4. The SMILES string of the molecule is CC=CC1CC1(C)C.O=C(O)O. The molecule has 2 N–H and O–H groups in total. The Morgan fingerprint density at radius 1 is 1.50 bits per heavy atom. The molecule has 1 rings (SSSR count). The van der Waals surface area contributed by atoms with Crippen LogP contribution in [0.25, 0.3) is 0 Å². The fraction of sp³-hybridized carbons (Fsp3) is 0.667. The van der Waals surface area contributed by atoms with Crippen LogP contribution in [-0.2, 0) is 0 Å². The van der Waals surface area contributed by atoms with Crippen LogP contribution in [0.15, 0.2) is 12.2 Å². The van der Waals surface area contributed by atoms with Crippen LogP contribution in [0, 0.1) is 11.3 Å². The zero-order valence-corrected chi connectivity index (χ0v) is 7.74. The van der Waals surface area contributed by atoms with E-state index in [1.165, 1.54) is 6.42 Å². The van der Waals surface area contributed by atoms with Crippen molar-refractivity contribution in [1.29, 1.82) is 0 Å².